The molecule has 0 spiro atoms. The summed E-state index contributed by atoms with van der Waals surface area (Å²) in [5.41, 5.74) is 6.68. The summed E-state index contributed by atoms with van der Waals surface area (Å²) in [6.45, 7) is 3.50. The summed E-state index contributed by atoms with van der Waals surface area (Å²) in [5.74, 6) is -0.138. The number of aromatic nitrogens is 3. The van der Waals surface area contributed by atoms with Gasteiger partial charge in [0.05, 0.1) is 12.1 Å². The second kappa shape index (κ2) is 4.13. The Hall–Kier alpha value is -1.56. The molecular weight excluding hydrogens is 227 g/mol. The molecule has 0 aliphatic heterocycles. The maximum absolute atomic E-state index is 13.2. The van der Waals surface area contributed by atoms with Gasteiger partial charge in [0.1, 0.15) is 10.8 Å². The first kappa shape index (κ1) is 10.9. The van der Waals surface area contributed by atoms with Crippen LogP contribution in [0.25, 0.3) is 0 Å². The number of hydrogen-bond donors (Lipinski definition) is 1. The molecule has 0 fully saturated rings. The van der Waals surface area contributed by atoms with Gasteiger partial charge in [0.25, 0.3) is 0 Å². The fourth-order valence-corrected chi connectivity index (χ4v) is 2.11. The zero-order chi connectivity index (χ0) is 11.7. The Bertz CT molecular complexity index is 500. The van der Waals surface area contributed by atoms with E-state index in [0.717, 1.165) is 10.7 Å². The summed E-state index contributed by atoms with van der Waals surface area (Å²) in [6, 6.07) is 0. The second-order valence-corrected chi connectivity index (χ2v) is 4.43. The fourth-order valence-electron chi connectivity index (χ4n) is 1.34. The van der Waals surface area contributed by atoms with Crippen LogP contribution in [0.2, 0.25) is 0 Å². The maximum atomic E-state index is 13.2. The fraction of sp³-hybridized carbons (Fsp3) is 0.300. The van der Waals surface area contributed by atoms with E-state index in [9.17, 15) is 4.39 Å². The van der Waals surface area contributed by atoms with Gasteiger partial charge in [-0.3, -0.25) is 0 Å². The van der Waals surface area contributed by atoms with Gasteiger partial charge < -0.3 is 5.73 Å². The van der Waals surface area contributed by atoms with Gasteiger partial charge in [-0.1, -0.05) is 0 Å². The van der Waals surface area contributed by atoms with Crippen LogP contribution in [0.4, 0.5) is 10.2 Å². The quantitative estimate of drug-likeness (QED) is 0.867. The number of nitrogens with zero attached hydrogens (tertiary/aromatic N) is 3. The monoisotopic (exact) mass is 238 g/mol. The third-order valence-corrected chi connectivity index (χ3v) is 3.03. The standard InChI is InChI=1S/C10H11FN4S/c1-5-4-16-8(13-5)3-7-14-6(2)9(11)10(12)15-7/h4H,3H2,1-2H3,(H2,12,14,15). The van der Waals surface area contributed by atoms with Crippen molar-refractivity contribution >= 4 is 17.2 Å². The van der Waals surface area contributed by atoms with E-state index in [0.29, 0.717) is 12.2 Å². The Kier molecular flexibility index (Phi) is 2.82. The summed E-state index contributed by atoms with van der Waals surface area (Å²) >= 11 is 1.53. The topological polar surface area (TPSA) is 64.7 Å². The van der Waals surface area contributed by atoms with Crippen molar-refractivity contribution in [3.05, 3.63) is 33.4 Å². The van der Waals surface area contributed by atoms with E-state index in [2.05, 4.69) is 15.0 Å². The van der Waals surface area contributed by atoms with Crippen molar-refractivity contribution in [3.63, 3.8) is 0 Å². The highest BCUT2D eigenvalue weighted by atomic mass is 32.1. The van der Waals surface area contributed by atoms with Crippen LogP contribution in [0.1, 0.15) is 22.2 Å². The van der Waals surface area contributed by atoms with Crippen LogP contribution in [0.15, 0.2) is 5.38 Å². The van der Waals surface area contributed by atoms with Crippen LogP contribution in [-0.4, -0.2) is 15.0 Å². The molecule has 2 N–H and O–H groups in total. The van der Waals surface area contributed by atoms with Crippen molar-refractivity contribution in [1.29, 1.82) is 0 Å². The van der Waals surface area contributed by atoms with E-state index in [-0.39, 0.29) is 11.5 Å². The molecule has 4 nitrogen and oxygen atoms in total. The number of nitrogen functional groups attached to an aromatic ring is 1. The van der Waals surface area contributed by atoms with Crippen molar-refractivity contribution in [3.8, 4) is 0 Å². The first-order valence-electron chi connectivity index (χ1n) is 4.75. The molecular formula is C10H11FN4S. The maximum Gasteiger partial charge on any atom is 0.186 e. The molecule has 0 atom stereocenters. The molecule has 2 aromatic rings. The minimum Gasteiger partial charge on any atom is -0.381 e. The van der Waals surface area contributed by atoms with Gasteiger partial charge in [0.15, 0.2) is 11.6 Å². The number of anilines is 1. The Morgan fingerprint density at radius 2 is 2.06 bits per heavy atom. The average molecular weight is 238 g/mol. The van der Waals surface area contributed by atoms with Crippen LogP contribution in [0.3, 0.4) is 0 Å². The van der Waals surface area contributed by atoms with Gasteiger partial charge in [0, 0.05) is 11.1 Å². The molecule has 0 aromatic carbocycles. The molecule has 0 radical (unpaired) electrons. The van der Waals surface area contributed by atoms with Gasteiger partial charge in [-0.2, -0.15) is 0 Å². The van der Waals surface area contributed by atoms with Crippen molar-refractivity contribution in [2.24, 2.45) is 0 Å². The van der Waals surface area contributed by atoms with E-state index in [1.54, 1.807) is 6.92 Å². The third-order valence-electron chi connectivity index (χ3n) is 2.06. The zero-order valence-corrected chi connectivity index (χ0v) is 9.81. The molecule has 0 amide bonds. The lowest BCUT2D eigenvalue weighted by atomic mass is 10.3. The normalized spacial score (nSPS) is 10.7. The first-order valence-corrected chi connectivity index (χ1v) is 5.63. The van der Waals surface area contributed by atoms with Gasteiger partial charge in [-0.05, 0) is 13.8 Å². The third kappa shape index (κ3) is 2.16. The summed E-state index contributed by atoms with van der Waals surface area (Å²) in [6.07, 6.45) is 0.490. The molecule has 6 heteroatoms. The predicted molar refractivity (Wildman–Crippen MR) is 60.8 cm³/mol. The van der Waals surface area contributed by atoms with Crippen molar-refractivity contribution < 1.29 is 4.39 Å². The molecule has 0 aliphatic rings. The number of rotatable bonds is 2. The molecule has 0 bridgehead atoms. The minimum atomic E-state index is -0.543. The van der Waals surface area contributed by atoms with Gasteiger partial charge in [0.2, 0.25) is 0 Å². The van der Waals surface area contributed by atoms with E-state index in [1.807, 2.05) is 12.3 Å². The smallest absolute Gasteiger partial charge is 0.186 e. The largest absolute Gasteiger partial charge is 0.381 e. The Morgan fingerprint density at radius 3 is 2.62 bits per heavy atom. The Balaban J connectivity index is 2.28. The molecule has 84 valence electrons. The Morgan fingerprint density at radius 1 is 1.31 bits per heavy atom. The van der Waals surface area contributed by atoms with Gasteiger partial charge in [-0.25, -0.2) is 19.3 Å². The number of thiazole rings is 1. The summed E-state index contributed by atoms with van der Waals surface area (Å²) in [4.78, 5) is 12.2. The lowest BCUT2D eigenvalue weighted by molar-refractivity contribution is 0.603. The van der Waals surface area contributed by atoms with E-state index >= 15 is 0 Å². The van der Waals surface area contributed by atoms with Crippen molar-refractivity contribution in [2.45, 2.75) is 20.3 Å². The molecule has 2 heterocycles. The SMILES string of the molecule is Cc1csc(Cc2nc(C)c(F)c(N)n2)n1. The predicted octanol–water partition coefficient (Wildman–Crippen LogP) is 1.86. The summed E-state index contributed by atoms with van der Waals surface area (Å²) < 4.78 is 13.2. The van der Waals surface area contributed by atoms with Crippen molar-refractivity contribution in [1.82, 2.24) is 15.0 Å². The molecule has 2 aromatic heterocycles. The number of aryl methyl sites for hydroxylation is 2. The zero-order valence-electron chi connectivity index (χ0n) is 8.99. The minimum absolute atomic E-state index is 0.101. The molecule has 0 saturated heterocycles. The van der Waals surface area contributed by atoms with Gasteiger partial charge in [-0.15, -0.1) is 11.3 Å². The van der Waals surface area contributed by atoms with Crippen LogP contribution in [0, 0.1) is 19.7 Å². The molecule has 0 aliphatic carbocycles. The van der Waals surface area contributed by atoms with E-state index < -0.39 is 5.82 Å². The molecule has 16 heavy (non-hydrogen) atoms. The summed E-state index contributed by atoms with van der Waals surface area (Å²) in [5, 5.41) is 2.86. The molecule has 0 unspecified atom stereocenters. The van der Waals surface area contributed by atoms with E-state index in [4.69, 9.17) is 5.73 Å². The van der Waals surface area contributed by atoms with Crippen LogP contribution < -0.4 is 5.73 Å². The van der Waals surface area contributed by atoms with E-state index in [1.165, 1.54) is 11.3 Å². The lowest BCUT2D eigenvalue weighted by Crippen LogP contribution is -2.06. The number of hydrogen-bond acceptors (Lipinski definition) is 5. The molecule has 2 rings (SSSR count). The van der Waals surface area contributed by atoms with Crippen LogP contribution in [0.5, 0.6) is 0 Å². The molecule has 0 saturated carbocycles. The van der Waals surface area contributed by atoms with Crippen molar-refractivity contribution in [2.75, 3.05) is 5.73 Å². The highest BCUT2D eigenvalue weighted by Gasteiger charge is 2.10. The highest BCUT2D eigenvalue weighted by molar-refractivity contribution is 7.09. The highest BCUT2D eigenvalue weighted by Crippen LogP contribution is 2.15. The Labute approximate surface area is 96.4 Å². The first-order chi connectivity index (χ1) is 7.56. The number of halogens is 1. The summed E-state index contributed by atoms with van der Waals surface area (Å²) in [7, 11) is 0. The number of nitrogens with two attached hydrogens (primary N) is 1. The average Bonchev–Trinajstić information content (AvgIpc) is 2.60. The second-order valence-electron chi connectivity index (χ2n) is 3.48. The van der Waals surface area contributed by atoms with Crippen LogP contribution >= 0.6 is 11.3 Å². The lowest BCUT2D eigenvalue weighted by Gasteiger charge is -2.02. The van der Waals surface area contributed by atoms with Gasteiger partial charge >= 0.3 is 0 Å². The van der Waals surface area contributed by atoms with Crippen LogP contribution in [-0.2, 0) is 6.42 Å².